The van der Waals surface area contributed by atoms with Gasteiger partial charge in [-0.25, -0.2) is 4.98 Å². The lowest BCUT2D eigenvalue weighted by molar-refractivity contribution is 0.0985. The van der Waals surface area contributed by atoms with E-state index in [1.54, 1.807) is 0 Å². The zero-order valence-electron chi connectivity index (χ0n) is 9.60. The van der Waals surface area contributed by atoms with E-state index in [0.29, 0.717) is 24.6 Å². The van der Waals surface area contributed by atoms with E-state index in [1.165, 1.54) is 12.8 Å². The van der Waals surface area contributed by atoms with Crippen molar-refractivity contribution in [3.63, 3.8) is 0 Å². The topological polar surface area (TPSA) is 60.9 Å². The number of imidazole rings is 1. The third kappa shape index (κ3) is 1.85. The van der Waals surface area contributed by atoms with Crippen molar-refractivity contribution in [2.24, 2.45) is 5.73 Å². The molecule has 0 aliphatic heterocycles. The van der Waals surface area contributed by atoms with E-state index in [1.807, 2.05) is 24.5 Å². The van der Waals surface area contributed by atoms with Crippen molar-refractivity contribution in [3.8, 4) is 0 Å². The van der Waals surface area contributed by atoms with Crippen LogP contribution in [0.2, 0.25) is 0 Å². The number of nitrogens with two attached hydrogens (primary N) is 1. The fraction of sp³-hybridized carbons (Fsp3) is 0.385. The van der Waals surface area contributed by atoms with E-state index in [-0.39, 0.29) is 5.78 Å². The average molecular weight is 229 g/mol. The van der Waals surface area contributed by atoms with Crippen LogP contribution in [0.25, 0.3) is 11.0 Å². The molecule has 2 aromatic rings. The summed E-state index contributed by atoms with van der Waals surface area (Å²) in [4.78, 5) is 16.1. The van der Waals surface area contributed by atoms with Crippen LogP contribution >= 0.6 is 0 Å². The summed E-state index contributed by atoms with van der Waals surface area (Å²) in [5.41, 5.74) is 8.13. The zero-order chi connectivity index (χ0) is 11.8. The molecule has 1 saturated carbocycles. The highest BCUT2D eigenvalue weighted by atomic mass is 16.1. The van der Waals surface area contributed by atoms with Gasteiger partial charge in [0.25, 0.3) is 0 Å². The highest BCUT2D eigenvalue weighted by Crippen LogP contribution is 2.37. The van der Waals surface area contributed by atoms with Crippen LogP contribution in [0.1, 0.15) is 35.7 Å². The number of carbonyl (C=O) groups is 1. The minimum absolute atomic E-state index is 0.0929. The summed E-state index contributed by atoms with van der Waals surface area (Å²) in [6, 6.07) is 6.35. The Kier molecular flexibility index (Phi) is 2.44. The lowest BCUT2D eigenvalue weighted by Crippen LogP contribution is -2.07. The van der Waals surface area contributed by atoms with E-state index in [9.17, 15) is 4.79 Å². The highest BCUT2D eigenvalue weighted by molar-refractivity contribution is 5.99. The Morgan fingerprint density at radius 3 is 3.00 bits per heavy atom. The van der Waals surface area contributed by atoms with E-state index >= 15 is 0 Å². The van der Waals surface area contributed by atoms with Gasteiger partial charge in [0.05, 0.1) is 17.4 Å². The van der Waals surface area contributed by atoms with Crippen LogP contribution in [0.3, 0.4) is 0 Å². The predicted octanol–water partition coefficient (Wildman–Crippen LogP) is 1.90. The Bertz CT molecular complexity index is 569. The third-order valence-corrected chi connectivity index (χ3v) is 3.21. The summed E-state index contributed by atoms with van der Waals surface area (Å²) >= 11 is 0. The van der Waals surface area contributed by atoms with Crippen molar-refractivity contribution in [2.75, 3.05) is 6.54 Å². The molecular weight excluding hydrogens is 214 g/mol. The van der Waals surface area contributed by atoms with Gasteiger partial charge in [-0.1, -0.05) is 0 Å². The normalized spacial score (nSPS) is 15.4. The molecule has 4 nitrogen and oxygen atoms in total. The minimum Gasteiger partial charge on any atom is -0.330 e. The van der Waals surface area contributed by atoms with Gasteiger partial charge in [0.15, 0.2) is 5.78 Å². The van der Waals surface area contributed by atoms with Crippen molar-refractivity contribution in [1.82, 2.24) is 9.55 Å². The van der Waals surface area contributed by atoms with Gasteiger partial charge < -0.3 is 10.3 Å². The zero-order valence-corrected chi connectivity index (χ0v) is 9.60. The van der Waals surface area contributed by atoms with Gasteiger partial charge in [-0.2, -0.15) is 0 Å². The monoisotopic (exact) mass is 229 g/mol. The summed E-state index contributed by atoms with van der Waals surface area (Å²) in [7, 11) is 0. The number of carbonyl (C=O) groups excluding carboxylic acids is 1. The predicted molar refractivity (Wildman–Crippen MR) is 66.0 cm³/mol. The van der Waals surface area contributed by atoms with Crippen LogP contribution < -0.4 is 5.73 Å². The molecule has 17 heavy (non-hydrogen) atoms. The molecule has 1 aliphatic rings. The molecule has 0 amide bonds. The molecule has 3 rings (SSSR count). The van der Waals surface area contributed by atoms with Crippen LogP contribution in [0.15, 0.2) is 24.5 Å². The Labute approximate surface area is 99.4 Å². The number of nitrogens with zero attached hydrogens (tertiary/aromatic N) is 2. The first-order valence-corrected chi connectivity index (χ1v) is 5.99. The van der Waals surface area contributed by atoms with E-state index < -0.39 is 0 Å². The number of benzene rings is 1. The van der Waals surface area contributed by atoms with Crippen LogP contribution in [0.5, 0.6) is 0 Å². The molecule has 0 spiro atoms. The molecule has 0 saturated heterocycles. The van der Waals surface area contributed by atoms with Crippen LogP contribution in [-0.4, -0.2) is 21.9 Å². The van der Waals surface area contributed by atoms with E-state index in [0.717, 1.165) is 11.0 Å². The second kappa shape index (κ2) is 3.96. The minimum atomic E-state index is 0.0929. The Morgan fingerprint density at radius 2 is 2.29 bits per heavy atom. The molecule has 0 atom stereocenters. The number of hydrogen-bond donors (Lipinski definition) is 1. The van der Waals surface area contributed by atoms with Gasteiger partial charge >= 0.3 is 0 Å². The van der Waals surface area contributed by atoms with Crippen LogP contribution in [0.4, 0.5) is 0 Å². The molecular formula is C13H15N3O. The maximum Gasteiger partial charge on any atom is 0.164 e. The number of rotatable bonds is 4. The van der Waals surface area contributed by atoms with Crippen molar-refractivity contribution >= 4 is 16.8 Å². The summed E-state index contributed by atoms with van der Waals surface area (Å²) < 4.78 is 2.20. The standard InChI is InChI=1S/C13H15N3O/c14-6-5-13(17)9-1-4-12-11(7-9)15-8-16(12)10-2-3-10/h1,4,7-8,10H,2-3,5-6,14H2. The molecule has 88 valence electrons. The SMILES string of the molecule is NCCC(=O)c1ccc2c(c1)ncn2C1CC1. The number of aromatic nitrogens is 2. The van der Waals surface area contributed by atoms with Gasteiger partial charge in [0.1, 0.15) is 0 Å². The molecule has 0 radical (unpaired) electrons. The molecule has 1 aromatic heterocycles. The number of fused-ring (bicyclic) bond motifs is 1. The summed E-state index contributed by atoms with van der Waals surface area (Å²) in [6.07, 6.45) is 4.74. The summed E-state index contributed by atoms with van der Waals surface area (Å²) in [6.45, 7) is 0.396. The first kappa shape index (κ1) is 10.5. The molecule has 2 N–H and O–H groups in total. The smallest absolute Gasteiger partial charge is 0.164 e. The van der Waals surface area contributed by atoms with Crippen LogP contribution in [-0.2, 0) is 0 Å². The first-order valence-electron chi connectivity index (χ1n) is 5.99. The molecule has 1 heterocycles. The van der Waals surface area contributed by atoms with Crippen molar-refractivity contribution in [3.05, 3.63) is 30.1 Å². The van der Waals surface area contributed by atoms with Gasteiger partial charge in [-0.3, -0.25) is 4.79 Å². The molecule has 1 aliphatic carbocycles. The summed E-state index contributed by atoms with van der Waals surface area (Å²) in [5.74, 6) is 0.0929. The Morgan fingerprint density at radius 1 is 1.47 bits per heavy atom. The van der Waals surface area contributed by atoms with Crippen molar-refractivity contribution in [2.45, 2.75) is 25.3 Å². The van der Waals surface area contributed by atoms with E-state index in [2.05, 4.69) is 9.55 Å². The van der Waals surface area contributed by atoms with Gasteiger partial charge in [-0.15, -0.1) is 0 Å². The number of hydrogen-bond acceptors (Lipinski definition) is 3. The Balaban J connectivity index is 1.99. The second-order valence-corrected chi connectivity index (χ2v) is 4.55. The lowest BCUT2D eigenvalue weighted by atomic mass is 10.1. The quantitative estimate of drug-likeness (QED) is 0.814. The van der Waals surface area contributed by atoms with Gasteiger partial charge in [0.2, 0.25) is 0 Å². The molecule has 1 fully saturated rings. The highest BCUT2D eigenvalue weighted by Gasteiger charge is 2.24. The number of Topliss-reactive ketones (excluding diaryl/α,β-unsaturated/α-hetero) is 1. The fourth-order valence-corrected chi connectivity index (χ4v) is 2.12. The Hall–Kier alpha value is -1.68. The van der Waals surface area contributed by atoms with Gasteiger partial charge in [-0.05, 0) is 37.6 Å². The van der Waals surface area contributed by atoms with Gasteiger partial charge in [0, 0.05) is 18.0 Å². The molecule has 1 aromatic carbocycles. The summed E-state index contributed by atoms with van der Waals surface area (Å²) in [5, 5.41) is 0. The first-order chi connectivity index (χ1) is 8.29. The largest absolute Gasteiger partial charge is 0.330 e. The number of ketones is 1. The second-order valence-electron chi connectivity index (χ2n) is 4.55. The maximum atomic E-state index is 11.7. The van der Waals surface area contributed by atoms with Crippen molar-refractivity contribution in [1.29, 1.82) is 0 Å². The molecule has 0 bridgehead atoms. The fourth-order valence-electron chi connectivity index (χ4n) is 2.12. The van der Waals surface area contributed by atoms with Crippen LogP contribution in [0, 0.1) is 0 Å². The van der Waals surface area contributed by atoms with Crippen molar-refractivity contribution < 1.29 is 4.79 Å². The third-order valence-electron chi connectivity index (χ3n) is 3.21. The average Bonchev–Trinajstić information content (AvgIpc) is 3.09. The maximum absolute atomic E-state index is 11.7. The molecule has 4 heteroatoms. The lowest BCUT2D eigenvalue weighted by Gasteiger charge is -2.02. The van der Waals surface area contributed by atoms with E-state index in [4.69, 9.17) is 5.73 Å². The molecule has 0 unspecified atom stereocenters.